The molecule has 1 aliphatic rings. The highest BCUT2D eigenvalue weighted by Gasteiger charge is 2.47. The Morgan fingerprint density at radius 3 is 2.87 bits per heavy atom. The Morgan fingerprint density at radius 1 is 1.60 bits per heavy atom. The van der Waals surface area contributed by atoms with Crippen LogP contribution < -0.4 is 5.73 Å². The average molecular weight is 206 g/mol. The molecular formula is C10H14N4O. The SMILES string of the molecule is CN1CCC[C@]1(C(N)=O)c1cnccn1. The van der Waals surface area contributed by atoms with Gasteiger partial charge in [-0.2, -0.15) is 0 Å². The minimum absolute atomic E-state index is 0.344. The van der Waals surface area contributed by atoms with Gasteiger partial charge in [-0.15, -0.1) is 0 Å². The van der Waals surface area contributed by atoms with Crippen molar-refractivity contribution in [3.63, 3.8) is 0 Å². The van der Waals surface area contributed by atoms with E-state index in [-0.39, 0.29) is 5.91 Å². The first-order chi connectivity index (χ1) is 7.18. The highest BCUT2D eigenvalue weighted by molar-refractivity contribution is 5.85. The Morgan fingerprint density at radius 2 is 2.40 bits per heavy atom. The number of primary amides is 1. The number of hydrogen-bond acceptors (Lipinski definition) is 4. The maximum atomic E-state index is 11.6. The maximum Gasteiger partial charge on any atom is 0.244 e. The van der Waals surface area contributed by atoms with Crippen molar-refractivity contribution in [2.24, 2.45) is 5.73 Å². The van der Waals surface area contributed by atoms with E-state index >= 15 is 0 Å². The van der Waals surface area contributed by atoms with Crippen LogP contribution in [0.2, 0.25) is 0 Å². The minimum Gasteiger partial charge on any atom is -0.368 e. The molecule has 80 valence electrons. The lowest BCUT2D eigenvalue weighted by atomic mass is 9.91. The standard InChI is InChI=1S/C10H14N4O/c1-14-6-2-3-10(14,9(11)15)8-7-12-4-5-13-8/h4-5,7H,2-3,6H2,1H3,(H2,11,15)/t10-/m1/s1. The van der Waals surface area contributed by atoms with E-state index in [0.29, 0.717) is 5.69 Å². The van der Waals surface area contributed by atoms with E-state index in [1.165, 1.54) is 0 Å². The van der Waals surface area contributed by atoms with Gasteiger partial charge in [-0.1, -0.05) is 0 Å². The predicted octanol–water partition coefficient (Wildman–Crippen LogP) is -0.117. The lowest BCUT2D eigenvalue weighted by Gasteiger charge is -2.31. The average Bonchev–Trinajstić information content (AvgIpc) is 2.62. The van der Waals surface area contributed by atoms with Gasteiger partial charge >= 0.3 is 0 Å². The smallest absolute Gasteiger partial charge is 0.244 e. The molecule has 0 unspecified atom stereocenters. The highest BCUT2D eigenvalue weighted by Crippen LogP contribution is 2.35. The molecule has 1 aliphatic heterocycles. The summed E-state index contributed by atoms with van der Waals surface area (Å²) in [5.41, 5.74) is 5.40. The van der Waals surface area contributed by atoms with Crippen molar-refractivity contribution in [1.29, 1.82) is 0 Å². The highest BCUT2D eigenvalue weighted by atomic mass is 16.1. The third-order valence-corrected chi connectivity index (χ3v) is 3.08. The van der Waals surface area contributed by atoms with Gasteiger partial charge in [0.25, 0.3) is 0 Å². The van der Waals surface area contributed by atoms with Crippen molar-refractivity contribution < 1.29 is 4.79 Å². The van der Waals surface area contributed by atoms with Crippen LogP contribution in [0.5, 0.6) is 0 Å². The molecule has 1 atom stereocenters. The molecule has 1 aromatic heterocycles. The summed E-state index contributed by atoms with van der Waals surface area (Å²) in [6.07, 6.45) is 6.47. The van der Waals surface area contributed by atoms with Gasteiger partial charge in [0.1, 0.15) is 5.54 Å². The Kier molecular flexibility index (Phi) is 2.40. The van der Waals surface area contributed by atoms with Gasteiger partial charge in [-0.25, -0.2) is 0 Å². The Labute approximate surface area is 88.3 Å². The number of carbonyl (C=O) groups is 1. The van der Waals surface area contributed by atoms with Gasteiger partial charge < -0.3 is 5.73 Å². The van der Waals surface area contributed by atoms with Crippen molar-refractivity contribution in [3.8, 4) is 0 Å². The molecule has 0 aromatic carbocycles. The second-order valence-electron chi connectivity index (χ2n) is 3.84. The second-order valence-corrected chi connectivity index (χ2v) is 3.84. The van der Waals surface area contributed by atoms with E-state index < -0.39 is 5.54 Å². The molecule has 1 fully saturated rings. The van der Waals surface area contributed by atoms with Crippen LogP contribution in [-0.2, 0) is 10.3 Å². The third-order valence-electron chi connectivity index (χ3n) is 3.08. The lowest BCUT2D eigenvalue weighted by Crippen LogP contribution is -2.50. The third kappa shape index (κ3) is 1.39. The molecule has 0 saturated carbocycles. The number of nitrogens with zero attached hydrogens (tertiary/aromatic N) is 3. The summed E-state index contributed by atoms with van der Waals surface area (Å²) >= 11 is 0. The number of rotatable bonds is 2. The summed E-state index contributed by atoms with van der Waals surface area (Å²) in [5.74, 6) is -0.344. The van der Waals surface area contributed by atoms with E-state index in [1.807, 2.05) is 11.9 Å². The van der Waals surface area contributed by atoms with Crippen molar-refractivity contribution in [2.75, 3.05) is 13.6 Å². The van der Waals surface area contributed by atoms with Crippen molar-refractivity contribution >= 4 is 5.91 Å². The van der Waals surface area contributed by atoms with Crippen LogP contribution in [0.1, 0.15) is 18.5 Å². The fourth-order valence-corrected chi connectivity index (χ4v) is 2.23. The van der Waals surface area contributed by atoms with Crippen LogP contribution in [0.4, 0.5) is 0 Å². The lowest BCUT2D eigenvalue weighted by molar-refractivity contribution is -0.128. The van der Waals surface area contributed by atoms with Gasteiger partial charge in [0.05, 0.1) is 11.9 Å². The molecule has 2 heterocycles. The number of amides is 1. The fourth-order valence-electron chi connectivity index (χ4n) is 2.23. The normalized spacial score (nSPS) is 26.7. The number of aromatic nitrogens is 2. The molecule has 1 amide bonds. The quantitative estimate of drug-likeness (QED) is 0.732. The summed E-state index contributed by atoms with van der Waals surface area (Å²) in [6.45, 7) is 0.861. The summed E-state index contributed by atoms with van der Waals surface area (Å²) in [7, 11) is 1.90. The summed E-state index contributed by atoms with van der Waals surface area (Å²) in [4.78, 5) is 21.8. The van der Waals surface area contributed by atoms with Crippen LogP contribution >= 0.6 is 0 Å². The topological polar surface area (TPSA) is 72.1 Å². The summed E-state index contributed by atoms with van der Waals surface area (Å²) < 4.78 is 0. The molecule has 0 aliphatic carbocycles. The number of nitrogens with two attached hydrogens (primary N) is 1. The Bertz CT molecular complexity index is 367. The summed E-state index contributed by atoms with van der Waals surface area (Å²) in [6, 6.07) is 0. The minimum atomic E-state index is -0.756. The second kappa shape index (κ2) is 3.58. The van der Waals surface area contributed by atoms with Crippen LogP contribution in [0, 0.1) is 0 Å². The molecule has 5 nitrogen and oxygen atoms in total. The zero-order chi connectivity index (χ0) is 10.9. The van der Waals surface area contributed by atoms with Crippen LogP contribution in [0.25, 0.3) is 0 Å². The Balaban J connectivity index is 2.49. The molecule has 0 radical (unpaired) electrons. The van der Waals surface area contributed by atoms with Crippen LogP contribution in [-0.4, -0.2) is 34.4 Å². The van der Waals surface area contributed by atoms with Gasteiger partial charge in [-0.3, -0.25) is 19.7 Å². The van der Waals surface area contributed by atoms with Crippen molar-refractivity contribution in [3.05, 3.63) is 24.3 Å². The van der Waals surface area contributed by atoms with E-state index in [4.69, 9.17) is 5.73 Å². The van der Waals surface area contributed by atoms with E-state index in [9.17, 15) is 4.79 Å². The first-order valence-corrected chi connectivity index (χ1v) is 4.95. The molecule has 1 saturated heterocycles. The first kappa shape index (κ1) is 10.0. The molecule has 0 spiro atoms. The molecule has 1 aromatic rings. The summed E-state index contributed by atoms with van der Waals surface area (Å²) in [5, 5.41) is 0. The molecular weight excluding hydrogens is 192 g/mol. The molecule has 15 heavy (non-hydrogen) atoms. The molecule has 2 rings (SSSR count). The van der Waals surface area contributed by atoms with Gasteiger partial charge in [0, 0.05) is 12.4 Å². The predicted molar refractivity (Wildman–Crippen MR) is 54.8 cm³/mol. The first-order valence-electron chi connectivity index (χ1n) is 4.95. The van der Waals surface area contributed by atoms with Crippen molar-refractivity contribution in [1.82, 2.24) is 14.9 Å². The number of hydrogen-bond donors (Lipinski definition) is 1. The van der Waals surface area contributed by atoms with E-state index in [0.717, 1.165) is 19.4 Å². The number of likely N-dealkylation sites (tertiary alicyclic amines) is 1. The van der Waals surface area contributed by atoms with Gasteiger partial charge in [0.2, 0.25) is 5.91 Å². The zero-order valence-electron chi connectivity index (χ0n) is 8.68. The largest absolute Gasteiger partial charge is 0.368 e. The van der Waals surface area contributed by atoms with Gasteiger partial charge in [-0.05, 0) is 26.4 Å². The van der Waals surface area contributed by atoms with Gasteiger partial charge in [0.15, 0.2) is 0 Å². The molecule has 5 heteroatoms. The van der Waals surface area contributed by atoms with Crippen LogP contribution in [0.15, 0.2) is 18.6 Å². The Hall–Kier alpha value is -1.49. The number of likely N-dealkylation sites (N-methyl/N-ethyl adjacent to an activating group) is 1. The maximum absolute atomic E-state index is 11.6. The van der Waals surface area contributed by atoms with E-state index in [2.05, 4.69) is 9.97 Å². The fraction of sp³-hybridized carbons (Fsp3) is 0.500. The van der Waals surface area contributed by atoms with Crippen molar-refractivity contribution in [2.45, 2.75) is 18.4 Å². The van der Waals surface area contributed by atoms with Crippen LogP contribution in [0.3, 0.4) is 0 Å². The molecule has 2 N–H and O–H groups in total. The van der Waals surface area contributed by atoms with E-state index in [1.54, 1.807) is 18.6 Å². The zero-order valence-corrected chi connectivity index (χ0v) is 8.68. The monoisotopic (exact) mass is 206 g/mol. The molecule has 0 bridgehead atoms. The number of carbonyl (C=O) groups excluding carboxylic acids is 1.